The van der Waals surface area contributed by atoms with Crippen molar-refractivity contribution < 1.29 is 9.53 Å². The van der Waals surface area contributed by atoms with Gasteiger partial charge in [-0.1, -0.05) is 78.3 Å². The smallest absolute Gasteiger partial charge is 0.363 e. The van der Waals surface area contributed by atoms with Gasteiger partial charge in [0.15, 0.2) is 5.70 Å². The third kappa shape index (κ3) is 2.53. The van der Waals surface area contributed by atoms with E-state index in [0.29, 0.717) is 10.6 Å². The van der Waals surface area contributed by atoms with Crippen molar-refractivity contribution in [3.8, 4) is 0 Å². The number of carbonyl (C=O) groups is 1. The number of aliphatic imine (C=N–C) groups is 1. The summed E-state index contributed by atoms with van der Waals surface area (Å²) in [6, 6.07) is 26.1. The van der Waals surface area contributed by atoms with Gasteiger partial charge in [-0.2, -0.15) is 0 Å². The molecule has 4 heteroatoms. The molecule has 1 heterocycles. The zero-order chi connectivity index (χ0) is 20.2. The molecule has 0 radical (unpaired) electrons. The Bertz CT molecular complexity index is 1530. The molecule has 0 atom stereocenters. The largest absolute Gasteiger partial charge is 0.402 e. The van der Waals surface area contributed by atoms with E-state index in [1.165, 1.54) is 26.9 Å². The molecule has 1 aliphatic heterocycles. The van der Waals surface area contributed by atoms with Gasteiger partial charge in [-0.15, -0.1) is 0 Å². The average Bonchev–Trinajstić information content (AvgIpc) is 3.13. The Balaban J connectivity index is 1.56. The summed E-state index contributed by atoms with van der Waals surface area (Å²) < 4.78 is 5.40. The van der Waals surface area contributed by atoms with Gasteiger partial charge in [0.05, 0.1) is 10.6 Å². The van der Waals surface area contributed by atoms with Gasteiger partial charge in [0, 0.05) is 0 Å². The Morgan fingerprint density at radius 1 is 0.767 bits per heavy atom. The first-order chi connectivity index (χ1) is 14.7. The molecule has 0 aliphatic carbocycles. The summed E-state index contributed by atoms with van der Waals surface area (Å²) in [5.74, 6) is -0.245. The van der Waals surface area contributed by atoms with Crippen molar-refractivity contribution >= 4 is 61.9 Å². The summed E-state index contributed by atoms with van der Waals surface area (Å²) in [6.07, 6.45) is 1.79. The molecular formula is C26H14ClNO2. The fraction of sp³-hybridized carbons (Fsp3) is 0. The summed E-state index contributed by atoms with van der Waals surface area (Å²) >= 11 is 6.23. The van der Waals surface area contributed by atoms with Crippen LogP contribution in [0.5, 0.6) is 0 Å². The zero-order valence-corrected chi connectivity index (χ0v) is 16.5. The summed E-state index contributed by atoms with van der Waals surface area (Å²) in [5.41, 5.74) is 1.79. The lowest BCUT2D eigenvalue weighted by molar-refractivity contribution is -0.129. The van der Waals surface area contributed by atoms with Crippen molar-refractivity contribution in [2.24, 2.45) is 4.99 Å². The van der Waals surface area contributed by atoms with Crippen molar-refractivity contribution in [1.29, 1.82) is 0 Å². The summed E-state index contributed by atoms with van der Waals surface area (Å²) in [5, 5.41) is 7.59. The monoisotopic (exact) mass is 407 g/mol. The van der Waals surface area contributed by atoms with Crippen molar-refractivity contribution in [2.75, 3.05) is 0 Å². The van der Waals surface area contributed by atoms with Crippen LogP contribution in [0.25, 0.3) is 38.4 Å². The van der Waals surface area contributed by atoms with Gasteiger partial charge in [0.1, 0.15) is 0 Å². The number of hydrogen-bond acceptors (Lipinski definition) is 3. The maximum absolute atomic E-state index is 12.5. The minimum atomic E-state index is -0.476. The Labute approximate surface area is 177 Å². The topological polar surface area (TPSA) is 38.7 Å². The molecule has 5 aromatic rings. The van der Waals surface area contributed by atoms with Gasteiger partial charge >= 0.3 is 5.97 Å². The van der Waals surface area contributed by atoms with E-state index in [1.807, 2.05) is 18.2 Å². The lowest BCUT2D eigenvalue weighted by Crippen LogP contribution is -2.05. The van der Waals surface area contributed by atoms with Gasteiger partial charge in [-0.3, -0.25) is 0 Å². The van der Waals surface area contributed by atoms with Gasteiger partial charge in [-0.25, -0.2) is 9.79 Å². The zero-order valence-electron chi connectivity index (χ0n) is 15.7. The van der Waals surface area contributed by atoms with Gasteiger partial charge < -0.3 is 4.74 Å². The van der Waals surface area contributed by atoms with E-state index in [4.69, 9.17) is 16.3 Å². The van der Waals surface area contributed by atoms with Crippen LogP contribution in [0.1, 0.15) is 11.1 Å². The van der Waals surface area contributed by atoms with Crippen LogP contribution >= 0.6 is 11.6 Å². The van der Waals surface area contributed by atoms with E-state index in [1.54, 1.807) is 18.2 Å². The lowest BCUT2D eigenvalue weighted by atomic mass is 9.92. The van der Waals surface area contributed by atoms with Crippen LogP contribution < -0.4 is 0 Å². The molecule has 6 rings (SSSR count). The van der Waals surface area contributed by atoms with E-state index in [-0.39, 0.29) is 11.6 Å². The molecule has 0 saturated carbocycles. The predicted octanol–water partition coefficient (Wildman–Crippen LogP) is 6.58. The van der Waals surface area contributed by atoms with Crippen molar-refractivity contribution in [3.05, 3.63) is 101 Å². The molecule has 3 nitrogen and oxygen atoms in total. The van der Waals surface area contributed by atoms with Crippen LogP contribution in [0.3, 0.4) is 0 Å². The van der Waals surface area contributed by atoms with E-state index in [9.17, 15) is 4.79 Å². The molecule has 0 amide bonds. The number of hydrogen-bond donors (Lipinski definition) is 0. The normalized spacial score (nSPS) is 15.4. The first-order valence-electron chi connectivity index (χ1n) is 9.63. The molecule has 0 aromatic heterocycles. The second-order valence-corrected chi connectivity index (χ2v) is 7.73. The van der Waals surface area contributed by atoms with Crippen LogP contribution in [-0.4, -0.2) is 11.9 Å². The molecule has 0 spiro atoms. The maximum Gasteiger partial charge on any atom is 0.363 e. The Hall–Kier alpha value is -3.69. The second kappa shape index (κ2) is 6.41. The number of esters is 1. The Kier molecular flexibility index (Phi) is 3.67. The van der Waals surface area contributed by atoms with E-state index >= 15 is 0 Å². The maximum atomic E-state index is 12.5. The van der Waals surface area contributed by atoms with E-state index in [0.717, 1.165) is 10.9 Å². The highest BCUT2D eigenvalue weighted by atomic mass is 35.5. The molecule has 0 saturated heterocycles. The van der Waals surface area contributed by atoms with E-state index < -0.39 is 5.97 Å². The van der Waals surface area contributed by atoms with Crippen molar-refractivity contribution in [1.82, 2.24) is 0 Å². The highest BCUT2D eigenvalue weighted by molar-refractivity contribution is 6.34. The van der Waals surface area contributed by atoms with Gasteiger partial charge in [-0.05, 0) is 56.1 Å². The van der Waals surface area contributed by atoms with Crippen molar-refractivity contribution in [2.45, 2.75) is 0 Å². The highest BCUT2D eigenvalue weighted by Gasteiger charge is 2.25. The molecule has 0 unspecified atom stereocenters. The highest BCUT2D eigenvalue weighted by Crippen LogP contribution is 2.37. The average molecular weight is 408 g/mol. The number of cyclic esters (lactones) is 1. The van der Waals surface area contributed by atoms with Gasteiger partial charge in [0.2, 0.25) is 5.90 Å². The number of nitrogens with zero attached hydrogens (tertiary/aromatic N) is 1. The lowest BCUT2D eigenvalue weighted by Gasteiger charge is -2.12. The Morgan fingerprint density at radius 2 is 1.47 bits per heavy atom. The van der Waals surface area contributed by atoms with Crippen LogP contribution in [0, 0.1) is 0 Å². The molecule has 5 aromatic carbocycles. The molecule has 0 N–H and O–H groups in total. The molecule has 0 bridgehead atoms. The number of benzene rings is 5. The van der Waals surface area contributed by atoms with Gasteiger partial charge in [0.25, 0.3) is 0 Å². The molecule has 142 valence electrons. The first-order valence-corrected chi connectivity index (χ1v) is 10.0. The molecule has 1 aliphatic rings. The minimum Gasteiger partial charge on any atom is -0.402 e. The molecule has 0 fully saturated rings. The Morgan fingerprint density at radius 3 is 2.27 bits per heavy atom. The molecular weight excluding hydrogens is 394 g/mol. The number of rotatable bonds is 2. The quantitative estimate of drug-likeness (QED) is 0.188. The summed E-state index contributed by atoms with van der Waals surface area (Å²) in [7, 11) is 0. The fourth-order valence-corrected chi connectivity index (χ4v) is 4.41. The van der Waals surface area contributed by atoms with Crippen LogP contribution in [0.4, 0.5) is 0 Å². The number of ether oxygens (including phenoxy) is 1. The standard InChI is InChI=1S/C26H14ClNO2/c27-21-7-2-1-6-20(21)25-28-22(26(29)30-25)14-18-11-10-17-9-8-15-4-3-5-16-12-13-19(18)24(17)23(15)16/h1-14H/b22-14-. The molecule has 30 heavy (non-hydrogen) atoms. The first kappa shape index (κ1) is 17.2. The fourth-order valence-electron chi connectivity index (χ4n) is 4.19. The van der Waals surface area contributed by atoms with Crippen LogP contribution in [-0.2, 0) is 9.53 Å². The van der Waals surface area contributed by atoms with E-state index in [2.05, 4.69) is 53.5 Å². The minimum absolute atomic E-state index is 0.231. The second-order valence-electron chi connectivity index (χ2n) is 7.33. The third-order valence-corrected chi connectivity index (χ3v) is 5.91. The van der Waals surface area contributed by atoms with Crippen molar-refractivity contribution in [3.63, 3.8) is 0 Å². The van der Waals surface area contributed by atoms with Crippen LogP contribution in [0.2, 0.25) is 5.02 Å². The predicted molar refractivity (Wildman–Crippen MR) is 122 cm³/mol. The SMILES string of the molecule is O=C1OC(c2ccccc2Cl)=N/C1=C\c1ccc2ccc3cccc4ccc1c2c34. The number of halogens is 1. The van der Waals surface area contributed by atoms with Crippen LogP contribution in [0.15, 0.2) is 89.6 Å². The number of carbonyl (C=O) groups excluding carboxylic acids is 1. The summed E-state index contributed by atoms with van der Waals surface area (Å²) in [6.45, 7) is 0. The third-order valence-electron chi connectivity index (χ3n) is 5.58. The summed E-state index contributed by atoms with van der Waals surface area (Å²) in [4.78, 5) is 16.9.